The third kappa shape index (κ3) is 1.89. The zero-order chi connectivity index (χ0) is 11.7. The first-order valence-electron chi connectivity index (χ1n) is 6.23. The molecule has 1 aliphatic carbocycles. The number of fused-ring (bicyclic) bond motifs is 1. The molecule has 1 saturated heterocycles. The number of nitrogens with zero attached hydrogens (tertiary/aromatic N) is 2. The van der Waals surface area contributed by atoms with Gasteiger partial charge in [0.05, 0.1) is 25.2 Å². The summed E-state index contributed by atoms with van der Waals surface area (Å²) in [5.41, 5.74) is 3.88. The summed E-state index contributed by atoms with van der Waals surface area (Å²) < 4.78 is 5.36. The summed E-state index contributed by atoms with van der Waals surface area (Å²) in [6.07, 6.45) is 2.03. The van der Waals surface area contributed by atoms with Crippen molar-refractivity contribution in [1.82, 2.24) is 0 Å². The van der Waals surface area contributed by atoms with Gasteiger partial charge in [0.1, 0.15) is 0 Å². The van der Waals surface area contributed by atoms with Crippen LogP contribution in [-0.2, 0) is 11.2 Å². The maximum absolute atomic E-state index is 9.05. The molecule has 3 nitrogen and oxygen atoms in total. The molecule has 3 rings (SSSR count). The van der Waals surface area contributed by atoms with Gasteiger partial charge in [-0.05, 0) is 36.1 Å². The fraction of sp³-hybridized carbons (Fsp3) is 0.500. The van der Waals surface area contributed by atoms with Crippen molar-refractivity contribution in [2.45, 2.75) is 18.8 Å². The number of nitriles is 1. The van der Waals surface area contributed by atoms with Gasteiger partial charge in [-0.3, -0.25) is 0 Å². The Kier molecular flexibility index (Phi) is 2.74. The quantitative estimate of drug-likeness (QED) is 0.738. The second kappa shape index (κ2) is 4.38. The van der Waals surface area contributed by atoms with Crippen LogP contribution in [0.15, 0.2) is 18.2 Å². The average Bonchev–Trinajstić information content (AvgIpc) is 2.81. The zero-order valence-electron chi connectivity index (χ0n) is 9.85. The van der Waals surface area contributed by atoms with Crippen molar-refractivity contribution in [3.63, 3.8) is 0 Å². The molecule has 0 saturated carbocycles. The third-order valence-corrected chi connectivity index (χ3v) is 3.74. The Labute approximate surface area is 102 Å². The van der Waals surface area contributed by atoms with Gasteiger partial charge in [-0.1, -0.05) is 6.07 Å². The Morgan fingerprint density at radius 2 is 2.12 bits per heavy atom. The van der Waals surface area contributed by atoms with Gasteiger partial charge in [-0.2, -0.15) is 5.26 Å². The van der Waals surface area contributed by atoms with E-state index < -0.39 is 0 Å². The summed E-state index contributed by atoms with van der Waals surface area (Å²) in [7, 11) is 0. The molecule has 17 heavy (non-hydrogen) atoms. The van der Waals surface area contributed by atoms with Crippen LogP contribution in [0.4, 0.5) is 5.69 Å². The van der Waals surface area contributed by atoms with Crippen molar-refractivity contribution in [3.8, 4) is 6.07 Å². The second-order valence-corrected chi connectivity index (χ2v) is 4.70. The molecule has 0 radical (unpaired) electrons. The summed E-state index contributed by atoms with van der Waals surface area (Å²) in [5.74, 6) is 0.115. The van der Waals surface area contributed by atoms with Gasteiger partial charge in [0.25, 0.3) is 0 Å². The Hall–Kier alpha value is -1.53. The SMILES string of the molecule is N#CC1CCc2cc(N3CCOCC3)ccc21. The van der Waals surface area contributed by atoms with Crippen molar-refractivity contribution in [3.05, 3.63) is 29.3 Å². The van der Waals surface area contributed by atoms with Crippen LogP contribution < -0.4 is 4.90 Å². The van der Waals surface area contributed by atoms with Crippen LogP contribution in [0.5, 0.6) is 0 Å². The van der Waals surface area contributed by atoms with E-state index in [0.717, 1.165) is 39.1 Å². The largest absolute Gasteiger partial charge is 0.378 e. The van der Waals surface area contributed by atoms with Crippen molar-refractivity contribution >= 4 is 5.69 Å². The minimum atomic E-state index is 0.115. The summed E-state index contributed by atoms with van der Waals surface area (Å²) in [5, 5.41) is 9.05. The highest BCUT2D eigenvalue weighted by Crippen LogP contribution is 2.34. The normalized spacial score (nSPS) is 23.2. The predicted octanol–water partition coefficient (Wildman–Crippen LogP) is 2.08. The van der Waals surface area contributed by atoms with Crippen molar-refractivity contribution in [2.75, 3.05) is 31.2 Å². The van der Waals surface area contributed by atoms with Crippen molar-refractivity contribution < 1.29 is 4.74 Å². The Bertz CT molecular complexity index is 458. The van der Waals surface area contributed by atoms with E-state index in [1.54, 1.807) is 0 Å². The van der Waals surface area contributed by atoms with Gasteiger partial charge in [-0.15, -0.1) is 0 Å². The van der Waals surface area contributed by atoms with E-state index >= 15 is 0 Å². The summed E-state index contributed by atoms with van der Waals surface area (Å²) >= 11 is 0. The molecule has 1 aromatic carbocycles. The Balaban J connectivity index is 1.87. The lowest BCUT2D eigenvalue weighted by molar-refractivity contribution is 0.122. The van der Waals surface area contributed by atoms with Crippen LogP contribution in [0.25, 0.3) is 0 Å². The topological polar surface area (TPSA) is 36.3 Å². The molecule has 3 heteroatoms. The first-order chi connectivity index (χ1) is 8.38. The van der Waals surface area contributed by atoms with E-state index in [1.165, 1.54) is 16.8 Å². The molecule has 1 unspecified atom stereocenters. The van der Waals surface area contributed by atoms with Crippen LogP contribution in [0, 0.1) is 11.3 Å². The second-order valence-electron chi connectivity index (χ2n) is 4.70. The lowest BCUT2D eigenvalue weighted by atomic mass is 10.0. The standard InChI is InChI=1S/C14H16N2O/c15-10-12-2-1-11-9-13(3-4-14(11)12)16-5-7-17-8-6-16/h3-4,9,12H,1-2,5-8H2. The molecule has 0 amide bonds. The molecule has 1 aromatic rings. The smallest absolute Gasteiger partial charge is 0.0718 e. The lowest BCUT2D eigenvalue weighted by Crippen LogP contribution is -2.36. The molecule has 1 heterocycles. The number of hydrogen-bond donors (Lipinski definition) is 0. The Morgan fingerprint density at radius 3 is 2.88 bits per heavy atom. The molecule has 0 bridgehead atoms. The number of morpholine rings is 1. The molecule has 0 spiro atoms. The maximum Gasteiger partial charge on any atom is 0.0718 e. The number of rotatable bonds is 1. The first kappa shape index (κ1) is 10.6. The minimum absolute atomic E-state index is 0.115. The molecule has 88 valence electrons. The highest BCUT2D eigenvalue weighted by Gasteiger charge is 2.23. The number of anilines is 1. The Morgan fingerprint density at radius 1 is 1.29 bits per heavy atom. The van der Waals surface area contributed by atoms with E-state index in [4.69, 9.17) is 10.00 Å². The van der Waals surface area contributed by atoms with Gasteiger partial charge in [0, 0.05) is 18.8 Å². The van der Waals surface area contributed by atoms with Crippen LogP contribution in [0.1, 0.15) is 23.5 Å². The number of benzene rings is 1. The lowest BCUT2D eigenvalue weighted by Gasteiger charge is -2.29. The number of hydrogen-bond acceptors (Lipinski definition) is 3. The minimum Gasteiger partial charge on any atom is -0.378 e. The molecule has 0 N–H and O–H groups in total. The van der Waals surface area contributed by atoms with E-state index in [1.807, 2.05) is 0 Å². The molecular weight excluding hydrogens is 212 g/mol. The number of aryl methyl sites for hydroxylation is 1. The summed E-state index contributed by atoms with van der Waals surface area (Å²) in [6.45, 7) is 3.58. The summed E-state index contributed by atoms with van der Waals surface area (Å²) in [4.78, 5) is 2.36. The van der Waals surface area contributed by atoms with E-state index in [9.17, 15) is 0 Å². The van der Waals surface area contributed by atoms with E-state index in [-0.39, 0.29) is 5.92 Å². The predicted molar refractivity (Wildman–Crippen MR) is 66.1 cm³/mol. The molecular formula is C14H16N2O. The van der Waals surface area contributed by atoms with Crippen molar-refractivity contribution in [2.24, 2.45) is 0 Å². The van der Waals surface area contributed by atoms with E-state index in [2.05, 4.69) is 29.2 Å². The highest BCUT2D eigenvalue weighted by molar-refractivity contribution is 5.54. The van der Waals surface area contributed by atoms with Crippen LogP contribution in [0.3, 0.4) is 0 Å². The summed E-state index contributed by atoms with van der Waals surface area (Å²) in [6, 6.07) is 8.94. The van der Waals surface area contributed by atoms with Gasteiger partial charge in [0.15, 0.2) is 0 Å². The first-order valence-corrected chi connectivity index (χ1v) is 6.23. The fourth-order valence-corrected chi connectivity index (χ4v) is 2.76. The monoisotopic (exact) mass is 228 g/mol. The van der Waals surface area contributed by atoms with Crippen LogP contribution in [0.2, 0.25) is 0 Å². The molecule has 2 aliphatic rings. The van der Waals surface area contributed by atoms with Gasteiger partial charge in [-0.25, -0.2) is 0 Å². The molecule has 1 fully saturated rings. The fourth-order valence-electron chi connectivity index (χ4n) is 2.76. The third-order valence-electron chi connectivity index (χ3n) is 3.74. The maximum atomic E-state index is 9.05. The van der Waals surface area contributed by atoms with Gasteiger partial charge >= 0.3 is 0 Å². The zero-order valence-corrected chi connectivity index (χ0v) is 9.85. The van der Waals surface area contributed by atoms with Crippen LogP contribution >= 0.6 is 0 Å². The number of ether oxygens (including phenoxy) is 1. The van der Waals surface area contributed by atoms with E-state index in [0.29, 0.717) is 0 Å². The van der Waals surface area contributed by atoms with Gasteiger partial charge in [0.2, 0.25) is 0 Å². The average molecular weight is 228 g/mol. The van der Waals surface area contributed by atoms with Gasteiger partial charge < -0.3 is 9.64 Å². The highest BCUT2D eigenvalue weighted by atomic mass is 16.5. The van der Waals surface area contributed by atoms with Crippen molar-refractivity contribution in [1.29, 1.82) is 5.26 Å². The van der Waals surface area contributed by atoms with Crippen LogP contribution in [-0.4, -0.2) is 26.3 Å². The molecule has 1 aliphatic heterocycles. The molecule has 0 aromatic heterocycles. The molecule has 1 atom stereocenters.